The Morgan fingerprint density at radius 2 is 2.24 bits per heavy atom. The Morgan fingerprint density at radius 1 is 1.59 bits per heavy atom. The van der Waals surface area contributed by atoms with Crippen LogP contribution in [0.25, 0.3) is 0 Å². The fourth-order valence-electron chi connectivity index (χ4n) is 1.29. The molecule has 0 aromatic carbocycles. The van der Waals surface area contributed by atoms with Crippen molar-refractivity contribution in [2.75, 3.05) is 12.8 Å². The first-order chi connectivity index (χ1) is 7.86. The third kappa shape index (κ3) is 4.55. The maximum absolute atomic E-state index is 12.0. The average Bonchev–Trinajstić information content (AvgIpc) is 2.58. The van der Waals surface area contributed by atoms with E-state index in [9.17, 15) is 8.42 Å². The molecule has 0 spiro atoms. The summed E-state index contributed by atoms with van der Waals surface area (Å²) in [7, 11) is -3.35. The zero-order chi connectivity index (χ0) is 13.1. The molecule has 0 aliphatic heterocycles. The molecule has 1 unspecified atom stereocenters. The van der Waals surface area contributed by atoms with Crippen molar-refractivity contribution in [1.82, 2.24) is 4.72 Å². The second-order valence-electron chi connectivity index (χ2n) is 3.70. The van der Waals surface area contributed by atoms with Crippen molar-refractivity contribution in [1.29, 1.82) is 0 Å². The molecule has 0 saturated heterocycles. The van der Waals surface area contributed by atoms with Gasteiger partial charge in [-0.3, -0.25) is 0 Å². The highest BCUT2D eigenvalue weighted by atomic mass is 79.9. The third-order valence-corrected chi connectivity index (χ3v) is 6.69. The van der Waals surface area contributed by atoms with E-state index >= 15 is 0 Å². The molecule has 7 heteroatoms. The van der Waals surface area contributed by atoms with Crippen molar-refractivity contribution < 1.29 is 8.42 Å². The minimum Gasteiger partial charge on any atom is -0.211 e. The Balaban J connectivity index is 2.66. The summed E-state index contributed by atoms with van der Waals surface area (Å²) in [5.74, 6) is 0. The van der Waals surface area contributed by atoms with Crippen molar-refractivity contribution in [2.24, 2.45) is 0 Å². The molecule has 0 bridgehead atoms. The van der Waals surface area contributed by atoms with Gasteiger partial charge in [-0.25, -0.2) is 13.1 Å². The zero-order valence-electron chi connectivity index (χ0n) is 9.99. The quantitative estimate of drug-likeness (QED) is 0.849. The molecule has 0 saturated carbocycles. The van der Waals surface area contributed by atoms with Gasteiger partial charge in [-0.1, -0.05) is 6.92 Å². The molecule has 17 heavy (non-hydrogen) atoms. The highest BCUT2D eigenvalue weighted by Crippen LogP contribution is 2.29. The first-order valence-corrected chi connectivity index (χ1v) is 9.53. The van der Waals surface area contributed by atoms with Crippen LogP contribution in [-0.2, 0) is 10.0 Å². The summed E-state index contributed by atoms with van der Waals surface area (Å²) < 4.78 is 27.5. The first kappa shape index (κ1) is 15.5. The summed E-state index contributed by atoms with van der Waals surface area (Å²) in [5, 5.41) is 0.466. The minimum absolute atomic E-state index is 0.381. The van der Waals surface area contributed by atoms with Gasteiger partial charge >= 0.3 is 0 Å². The summed E-state index contributed by atoms with van der Waals surface area (Å²) in [6, 6.07) is 1.65. The number of halogens is 1. The predicted molar refractivity (Wildman–Crippen MR) is 79.5 cm³/mol. The van der Waals surface area contributed by atoms with Gasteiger partial charge in [0.15, 0.2) is 0 Å². The van der Waals surface area contributed by atoms with E-state index in [2.05, 4.69) is 27.6 Å². The largest absolute Gasteiger partial charge is 0.241 e. The summed E-state index contributed by atoms with van der Waals surface area (Å²) in [4.78, 5) is 1.19. The van der Waals surface area contributed by atoms with Crippen LogP contribution in [0.15, 0.2) is 14.7 Å². The Morgan fingerprint density at radius 3 is 2.71 bits per heavy atom. The van der Waals surface area contributed by atoms with E-state index in [1.54, 1.807) is 17.8 Å². The Kier molecular flexibility index (Phi) is 5.98. The average molecular weight is 358 g/mol. The topological polar surface area (TPSA) is 46.2 Å². The van der Waals surface area contributed by atoms with Gasteiger partial charge in [-0.15, -0.1) is 11.3 Å². The fraction of sp³-hybridized carbons (Fsp3) is 0.600. The van der Waals surface area contributed by atoms with Crippen LogP contribution in [0.1, 0.15) is 18.2 Å². The van der Waals surface area contributed by atoms with Crippen molar-refractivity contribution in [3.63, 3.8) is 0 Å². The normalized spacial score (nSPS) is 13.9. The Bertz CT molecular complexity index is 470. The lowest BCUT2D eigenvalue weighted by molar-refractivity contribution is 0.579. The van der Waals surface area contributed by atoms with Gasteiger partial charge in [0.25, 0.3) is 0 Å². The van der Waals surface area contributed by atoms with Gasteiger partial charge in [0.2, 0.25) is 10.0 Å². The van der Waals surface area contributed by atoms with Gasteiger partial charge in [0.1, 0.15) is 0 Å². The summed E-state index contributed by atoms with van der Waals surface area (Å²) in [5.41, 5.74) is 0. The second kappa shape index (κ2) is 6.56. The maximum Gasteiger partial charge on any atom is 0.241 e. The number of aryl methyl sites for hydroxylation is 1. The number of thioether (sulfide) groups is 1. The smallest absolute Gasteiger partial charge is 0.211 e. The van der Waals surface area contributed by atoms with E-state index in [1.807, 2.05) is 13.2 Å². The standard InChI is InChI=1S/C10H16BrNO2S3/c1-7(15-3)4-5-12-17(13,14)9-6-10(11)16-8(9)2/h6-7,12H,4-5H2,1-3H3. The van der Waals surface area contributed by atoms with Gasteiger partial charge in [-0.05, 0) is 41.6 Å². The molecule has 0 aliphatic carbocycles. The summed E-state index contributed by atoms with van der Waals surface area (Å²) >= 11 is 6.47. The van der Waals surface area contributed by atoms with Crippen molar-refractivity contribution in [2.45, 2.75) is 30.4 Å². The number of hydrogen-bond acceptors (Lipinski definition) is 4. The van der Waals surface area contributed by atoms with Crippen LogP contribution in [0.3, 0.4) is 0 Å². The second-order valence-corrected chi connectivity index (χ2v) is 9.35. The minimum atomic E-state index is -3.35. The number of thiophene rings is 1. The predicted octanol–water partition coefficient (Wildman–Crippen LogP) is 3.24. The fourth-order valence-corrected chi connectivity index (χ4v) is 5.10. The van der Waals surface area contributed by atoms with Gasteiger partial charge in [-0.2, -0.15) is 11.8 Å². The van der Waals surface area contributed by atoms with Gasteiger partial charge in [0, 0.05) is 16.7 Å². The van der Waals surface area contributed by atoms with E-state index < -0.39 is 10.0 Å². The molecule has 98 valence electrons. The molecule has 1 rings (SSSR count). The molecular formula is C10H16BrNO2S3. The Hall–Kier alpha value is 0.440. The molecule has 1 heterocycles. The maximum atomic E-state index is 12.0. The van der Waals surface area contributed by atoms with Crippen molar-refractivity contribution in [3.05, 3.63) is 14.7 Å². The van der Waals surface area contributed by atoms with E-state index in [0.717, 1.165) is 15.1 Å². The van der Waals surface area contributed by atoms with Crippen molar-refractivity contribution >= 4 is 49.1 Å². The van der Waals surface area contributed by atoms with Crippen LogP contribution >= 0.6 is 39.0 Å². The lowest BCUT2D eigenvalue weighted by Crippen LogP contribution is -2.26. The molecule has 3 nitrogen and oxygen atoms in total. The highest BCUT2D eigenvalue weighted by molar-refractivity contribution is 9.11. The lowest BCUT2D eigenvalue weighted by atomic mass is 10.3. The van der Waals surface area contributed by atoms with Crippen molar-refractivity contribution in [3.8, 4) is 0 Å². The third-order valence-electron chi connectivity index (χ3n) is 2.38. The molecule has 0 amide bonds. The summed E-state index contributed by atoms with van der Waals surface area (Å²) in [6.45, 7) is 4.39. The molecule has 0 aliphatic rings. The molecule has 1 aromatic heterocycles. The van der Waals surface area contributed by atoms with Gasteiger partial charge in [0.05, 0.1) is 8.68 Å². The highest BCUT2D eigenvalue weighted by Gasteiger charge is 2.19. The molecule has 1 atom stereocenters. The molecule has 0 radical (unpaired) electrons. The number of nitrogens with one attached hydrogen (secondary N) is 1. The van der Waals surface area contributed by atoms with Crippen LogP contribution < -0.4 is 4.72 Å². The first-order valence-electron chi connectivity index (χ1n) is 5.15. The Labute approximate surface area is 120 Å². The van der Waals surface area contributed by atoms with Gasteiger partial charge < -0.3 is 0 Å². The van der Waals surface area contributed by atoms with Crippen LogP contribution in [-0.4, -0.2) is 26.5 Å². The molecule has 1 aromatic rings. The monoisotopic (exact) mass is 357 g/mol. The van der Waals surface area contributed by atoms with Crippen LogP contribution in [0, 0.1) is 6.92 Å². The molecule has 1 N–H and O–H groups in total. The van der Waals surface area contributed by atoms with E-state index in [1.165, 1.54) is 11.3 Å². The summed E-state index contributed by atoms with van der Waals surface area (Å²) in [6.07, 6.45) is 2.87. The van der Waals surface area contributed by atoms with E-state index in [4.69, 9.17) is 0 Å². The SMILES string of the molecule is CSC(C)CCNS(=O)(=O)c1cc(Br)sc1C. The van der Waals surface area contributed by atoms with E-state index in [-0.39, 0.29) is 0 Å². The number of rotatable bonds is 6. The number of hydrogen-bond donors (Lipinski definition) is 1. The zero-order valence-corrected chi connectivity index (χ0v) is 14.0. The molecule has 0 fully saturated rings. The van der Waals surface area contributed by atoms with Crippen LogP contribution in [0.4, 0.5) is 0 Å². The lowest BCUT2D eigenvalue weighted by Gasteiger charge is -2.09. The van der Waals surface area contributed by atoms with Crippen LogP contribution in [0.2, 0.25) is 0 Å². The molecular weight excluding hydrogens is 342 g/mol. The van der Waals surface area contributed by atoms with Crippen LogP contribution in [0.5, 0.6) is 0 Å². The number of sulfonamides is 1. The van der Waals surface area contributed by atoms with E-state index in [0.29, 0.717) is 16.7 Å².